The number of carbonyl (C=O) groups excluding carboxylic acids is 2. The number of carbonyl (C=O) groups is 2. The predicted molar refractivity (Wildman–Crippen MR) is 97.7 cm³/mol. The minimum Gasteiger partial charge on any atom is -0.462 e. The van der Waals surface area contributed by atoms with Crippen LogP contribution < -0.4 is 0 Å². The van der Waals surface area contributed by atoms with Crippen LogP contribution in [0.3, 0.4) is 0 Å². The van der Waals surface area contributed by atoms with Crippen molar-refractivity contribution in [3.05, 3.63) is 0 Å². The highest BCUT2D eigenvalue weighted by molar-refractivity contribution is 5.92. The third-order valence-electron chi connectivity index (χ3n) is 6.65. The fourth-order valence-corrected chi connectivity index (χ4v) is 4.10. The molecule has 10 unspecified atom stereocenters. The van der Waals surface area contributed by atoms with Gasteiger partial charge in [0.05, 0.1) is 30.8 Å². The van der Waals surface area contributed by atoms with E-state index in [1.165, 1.54) is 0 Å². The minimum absolute atomic E-state index is 0.196. The Morgan fingerprint density at radius 2 is 1.37 bits per heavy atom. The number of hydrogen-bond donors (Lipinski definition) is 3. The topological polar surface area (TPSA) is 117 Å². The molecule has 2 aliphatic heterocycles. The maximum absolute atomic E-state index is 13.0. The lowest BCUT2D eigenvalue weighted by atomic mass is 9.76. The highest BCUT2D eigenvalue weighted by Gasteiger charge is 2.56. The van der Waals surface area contributed by atoms with Gasteiger partial charge in [0.15, 0.2) is 11.4 Å². The van der Waals surface area contributed by atoms with Crippen molar-refractivity contribution < 1.29 is 34.4 Å². The van der Waals surface area contributed by atoms with Gasteiger partial charge in [-0.1, -0.05) is 27.7 Å². The first-order valence-electron chi connectivity index (χ1n) is 9.86. The number of hydrogen-bond acceptors (Lipinski definition) is 7. The molecule has 0 amide bonds. The fourth-order valence-electron chi connectivity index (χ4n) is 4.10. The van der Waals surface area contributed by atoms with Gasteiger partial charge in [0.25, 0.3) is 0 Å². The monoisotopic (exact) mass is 386 g/mol. The number of ether oxygens (including phenoxy) is 2. The number of epoxide rings is 1. The van der Waals surface area contributed by atoms with Crippen LogP contribution in [0.25, 0.3) is 0 Å². The number of ketones is 1. The second-order valence-corrected chi connectivity index (χ2v) is 8.74. The Kier molecular flexibility index (Phi) is 6.72. The third-order valence-corrected chi connectivity index (χ3v) is 6.65. The summed E-state index contributed by atoms with van der Waals surface area (Å²) in [5.74, 6) is -3.65. The van der Waals surface area contributed by atoms with Crippen LogP contribution in [0, 0.1) is 29.6 Å². The van der Waals surface area contributed by atoms with Crippen molar-refractivity contribution >= 4 is 11.8 Å². The molecule has 0 aliphatic carbocycles. The standard InChI is InChI=1S/C20H34O7/c1-9-7-20(8-26-20)18(24)12(4)16(22)10(2)14(6)27-19(25)13(5)17(23)11(3)15(9)21/h9-17,21-23H,7-8H2,1-6H3. The average molecular weight is 386 g/mol. The molecule has 1 spiro atoms. The first-order chi connectivity index (χ1) is 12.4. The number of aliphatic hydroxyl groups is 3. The molecule has 0 aromatic heterocycles. The second kappa shape index (κ2) is 8.15. The van der Waals surface area contributed by atoms with E-state index in [0.717, 1.165) is 0 Å². The fraction of sp³-hybridized carbons (Fsp3) is 0.900. The van der Waals surface area contributed by atoms with Crippen molar-refractivity contribution in [2.45, 2.75) is 78.0 Å². The van der Waals surface area contributed by atoms with Crippen molar-refractivity contribution in [3.8, 4) is 0 Å². The van der Waals surface area contributed by atoms with E-state index in [0.29, 0.717) is 6.42 Å². The summed E-state index contributed by atoms with van der Waals surface area (Å²) in [6, 6.07) is 0. The van der Waals surface area contributed by atoms with Crippen molar-refractivity contribution in [3.63, 3.8) is 0 Å². The zero-order valence-corrected chi connectivity index (χ0v) is 17.1. The number of esters is 1. The van der Waals surface area contributed by atoms with Crippen LogP contribution in [0.1, 0.15) is 48.0 Å². The lowest BCUT2D eigenvalue weighted by Crippen LogP contribution is -2.47. The van der Waals surface area contributed by atoms with Crippen molar-refractivity contribution in [1.82, 2.24) is 0 Å². The van der Waals surface area contributed by atoms with Gasteiger partial charge in [-0.15, -0.1) is 0 Å². The molecule has 27 heavy (non-hydrogen) atoms. The summed E-state index contributed by atoms with van der Waals surface area (Å²) >= 11 is 0. The smallest absolute Gasteiger partial charge is 0.311 e. The minimum atomic E-state index is -1.09. The molecule has 10 atom stereocenters. The van der Waals surface area contributed by atoms with E-state index in [4.69, 9.17) is 9.47 Å². The molecule has 2 heterocycles. The number of rotatable bonds is 0. The molecule has 156 valence electrons. The Hall–Kier alpha value is -1.02. The Morgan fingerprint density at radius 1 is 0.852 bits per heavy atom. The molecule has 2 aliphatic rings. The number of Topliss-reactive ketones (excluding diaryl/α,β-unsaturated/α-hetero) is 1. The van der Waals surface area contributed by atoms with Crippen LogP contribution in [0.2, 0.25) is 0 Å². The maximum atomic E-state index is 13.0. The first kappa shape index (κ1) is 22.3. The summed E-state index contributed by atoms with van der Waals surface area (Å²) in [4.78, 5) is 25.4. The Bertz CT molecular complexity index is 559. The summed E-state index contributed by atoms with van der Waals surface area (Å²) < 4.78 is 10.9. The van der Waals surface area contributed by atoms with Gasteiger partial charge in [-0.3, -0.25) is 9.59 Å². The summed E-state index contributed by atoms with van der Waals surface area (Å²) in [6.07, 6.45) is -3.32. The SMILES string of the molecule is CC1CC2(CO2)C(=O)C(C)C(O)C(C)C(C)OC(=O)C(C)C(O)C(C)C1O. The molecule has 2 saturated heterocycles. The number of cyclic esters (lactones) is 1. The maximum Gasteiger partial charge on any atom is 0.311 e. The molecule has 7 heteroatoms. The molecule has 0 aromatic rings. The van der Waals surface area contributed by atoms with Crippen LogP contribution in [0.15, 0.2) is 0 Å². The van der Waals surface area contributed by atoms with E-state index >= 15 is 0 Å². The van der Waals surface area contributed by atoms with Crippen molar-refractivity contribution in [2.24, 2.45) is 29.6 Å². The molecular weight excluding hydrogens is 352 g/mol. The quantitative estimate of drug-likeness (QED) is 0.419. The number of aliphatic hydroxyl groups excluding tert-OH is 3. The summed E-state index contributed by atoms with van der Waals surface area (Å²) in [5.41, 5.74) is -0.985. The van der Waals surface area contributed by atoms with E-state index in [1.54, 1.807) is 41.5 Å². The Labute approximate surface area is 161 Å². The van der Waals surface area contributed by atoms with Crippen molar-refractivity contribution in [2.75, 3.05) is 6.61 Å². The molecule has 3 N–H and O–H groups in total. The molecular formula is C20H34O7. The van der Waals surface area contributed by atoms with Crippen LogP contribution in [-0.2, 0) is 19.1 Å². The molecule has 7 nitrogen and oxygen atoms in total. The summed E-state index contributed by atoms with van der Waals surface area (Å²) in [7, 11) is 0. The summed E-state index contributed by atoms with van der Waals surface area (Å²) in [5, 5.41) is 31.9. The second-order valence-electron chi connectivity index (χ2n) is 8.74. The van der Waals surface area contributed by atoms with Crippen LogP contribution in [-0.4, -0.2) is 63.7 Å². The van der Waals surface area contributed by atoms with Crippen molar-refractivity contribution in [1.29, 1.82) is 0 Å². The highest BCUT2D eigenvalue weighted by atomic mass is 16.6. The predicted octanol–water partition coefficient (Wildman–Crippen LogP) is 0.923. The van der Waals surface area contributed by atoms with Gasteiger partial charge in [0.2, 0.25) is 0 Å². The van der Waals surface area contributed by atoms with E-state index in [1.807, 2.05) is 0 Å². The van der Waals surface area contributed by atoms with Crippen LogP contribution in [0.5, 0.6) is 0 Å². The van der Waals surface area contributed by atoms with Gasteiger partial charge < -0.3 is 24.8 Å². The normalized spacial score (nSPS) is 50.2. The first-order valence-corrected chi connectivity index (χ1v) is 9.86. The zero-order chi connectivity index (χ0) is 20.7. The van der Waals surface area contributed by atoms with Gasteiger partial charge >= 0.3 is 5.97 Å². The van der Waals surface area contributed by atoms with Crippen LogP contribution >= 0.6 is 0 Å². The van der Waals surface area contributed by atoms with Gasteiger partial charge in [-0.2, -0.15) is 0 Å². The molecule has 0 aromatic carbocycles. The average Bonchev–Trinajstić information content (AvgIpc) is 3.42. The largest absolute Gasteiger partial charge is 0.462 e. The summed E-state index contributed by atoms with van der Waals surface area (Å²) in [6.45, 7) is 10.4. The van der Waals surface area contributed by atoms with Gasteiger partial charge in [0, 0.05) is 17.8 Å². The molecule has 0 radical (unpaired) electrons. The Balaban J connectivity index is 2.34. The van der Waals surface area contributed by atoms with E-state index in [2.05, 4.69) is 0 Å². The molecule has 2 rings (SSSR count). The lowest BCUT2D eigenvalue weighted by Gasteiger charge is -2.35. The molecule has 2 fully saturated rings. The van der Waals surface area contributed by atoms with E-state index in [-0.39, 0.29) is 18.3 Å². The highest BCUT2D eigenvalue weighted by Crippen LogP contribution is 2.41. The van der Waals surface area contributed by atoms with E-state index < -0.39 is 59.7 Å². The van der Waals surface area contributed by atoms with E-state index in [9.17, 15) is 24.9 Å². The van der Waals surface area contributed by atoms with Gasteiger partial charge in [-0.25, -0.2) is 0 Å². The van der Waals surface area contributed by atoms with Gasteiger partial charge in [-0.05, 0) is 26.2 Å². The third kappa shape index (κ3) is 4.36. The molecule has 0 saturated carbocycles. The lowest BCUT2D eigenvalue weighted by molar-refractivity contribution is -0.165. The Morgan fingerprint density at radius 3 is 1.89 bits per heavy atom. The van der Waals surface area contributed by atoms with Crippen LogP contribution in [0.4, 0.5) is 0 Å². The zero-order valence-electron chi connectivity index (χ0n) is 17.1. The van der Waals surface area contributed by atoms with Gasteiger partial charge in [0.1, 0.15) is 6.10 Å². The molecule has 0 bridgehead atoms.